The van der Waals surface area contributed by atoms with E-state index >= 15 is 0 Å². The molecule has 184 valence electrons. The van der Waals surface area contributed by atoms with Crippen molar-refractivity contribution >= 4 is 34.4 Å². The minimum absolute atomic E-state index is 0.0397. The van der Waals surface area contributed by atoms with E-state index in [4.69, 9.17) is 0 Å². The molecular weight excluding hydrogens is 457 g/mol. The summed E-state index contributed by atoms with van der Waals surface area (Å²) in [6, 6.07) is 2.40. The number of amides is 3. The molecule has 34 heavy (non-hydrogen) atoms. The summed E-state index contributed by atoms with van der Waals surface area (Å²) in [5.41, 5.74) is -0.110. The molecule has 2 unspecified atom stereocenters. The van der Waals surface area contributed by atoms with Gasteiger partial charge >= 0.3 is 0 Å². The van der Waals surface area contributed by atoms with Crippen molar-refractivity contribution in [1.29, 1.82) is 0 Å². The van der Waals surface area contributed by atoms with Crippen LogP contribution in [0.3, 0.4) is 0 Å². The highest BCUT2D eigenvalue weighted by Crippen LogP contribution is 2.22. The Morgan fingerprint density at radius 2 is 1.97 bits per heavy atom. The van der Waals surface area contributed by atoms with E-state index < -0.39 is 60.4 Å². The predicted octanol–water partition coefficient (Wildman–Crippen LogP) is 1.02. The smallest absolute Gasteiger partial charge is 0.268 e. The molecule has 1 saturated heterocycles. The SMILES string of the molecule is CC(F)(F)CC(NC(=O)c1cc2cccc(F)c2[nH]1)C(=O)NC(C[C@@H]1CCNC1=O)C(=O)CO. The normalized spacial score (nSPS) is 17.8. The highest BCUT2D eigenvalue weighted by molar-refractivity contribution is 6.01. The van der Waals surface area contributed by atoms with Gasteiger partial charge in [-0.3, -0.25) is 19.2 Å². The van der Waals surface area contributed by atoms with Gasteiger partial charge in [0.1, 0.15) is 24.2 Å². The molecule has 1 aromatic heterocycles. The number of aromatic nitrogens is 1. The first-order valence-electron chi connectivity index (χ1n) is 10.7. The number of carbonyl (C=O) groups excluding carboxylic acids is 4. The van der Waals surface area contributed by atoms with Crippen molar-refractivity contribution in [2.24, 2.45) is 5.92 Å². The molecule has 1 aliphatic rings. The molecule has 0 spiro atoms. The summed E-state index contributed by atoms with van der Waals surface area (Å²) in [6.45, 7) is 0.0289. The molecule has 5 N–H and O–H groups in total. The molecule has 0 radical (unpaired) electrons. The van der Waals surface area contributed by atoms with Crippen molar-refractivity contribution in [2.45, 2.75) is 44.2 Å². The number of Topliss-reactive ketones (excluding diaryl/α,β-unsaturated/α-hetero) is 1. The number of hydrogen-bond acceptors (Lipinski definition) is 5. The lowest BCUT2D eigenvalue weighted by Crippen LogP contribution is -2.54. The Kier molecular flexibility index (Phi) is 7.60. The fourth-order valence-corrected chi connectivity index (χ4v) is 3.85. The summed E-state index contributed by atoms with van der Waals surface area (Å²) in [5.74, 6) is -7.70. The van der Waals surface area contributed by atoms with Crippen LogP contribution >= 0.6 is 0 Å². The maximum Gasteiger partial charge on any atom is 0.268 e. The average molecular weight is 482 g/mol. The highest BCUT2D eigenvalue weighted by atomic mass is 19.3. The van der Waals surface area contributed by atoms with Crippen molar-refractivity contribution in [3.8, 4) is 0 Å². The highest BCUT2D eigenvalue weighted by Gasteiger charge is 2.36. The number of ketones is 1. The van der Waals surface area contributed by atoms with E-state index in [0.29, 0.717) is 25.3 Å². The van der Waals surface area contributed by atoms with Gasteiger partial charge in [-0.05, 0) is 31.9 Å². The first-order chi connectivity index (χ1) is 16.0. The topological polar surface area (TPSA) is 140 Å². The Balaban J connectivity index is 1.78. The second-order valence-electron chi connectivity index (χ2n) is 8.39. The molecule has 1 aliphatic heterocycles. The lowest BCUT2D eigenvalue weighted by Gasteiger charge is -2.25. The summed E-state index contributed by atoms with van der Waals surface area (Å²) < 4.78 is 41.5. The van der Waals surface area contributed by atoms with Crippen LogP contribution in [0.25, 0.3) is 10.9 Å². The summed E-state index contributed by atoms with van der Waals surface area (Å²) in [6.07, 6.45) is -0.793. The molecule has 3 rings (SSSR count). The van der Waals surface area contributed by atoms with Gasteiger partial charge in [0.05, 0.1) is 11.6 Å². The van der Waals surface area contributed by atoms with Crippen LogP contribution in [0.15, 0.2) is 24.3 Å². The number of nitrogens with one attached hydrogen (secondary N) is 4. The number of aliphatic hydroxyl groups excluding tert-OH is 1. The molecule has 9 nitrogen and oxygen atoms in total. The van der Waals surface area contributed by atoms with Gasteiger partial charge < -0.3 is 26.0 Å². The van der Waals surface area contributed by atoms with Crippen LogP contribution in [0.5, 0.6) is 0 Å². The van der Waals surface area contributed by atoms with Crippen molar-refractivity contribution in [1.82, 2.24) is 20.9 Å². The molecular formula is C22H25F3N4O5. The molecule has 2 heterocycles. The minimum atomic E-state index is -3.36. The Morgan fingerprint density at radius 1 is 1.24 bits per heavy atom. The van der Waals surface area contributed by atoms with Gasteiger partial charge in [-0.1, -0.05) is 12.1 Å². The van der Waals surface area contributed by atoms with Crippen LogP contribution in [-0.2, 0) is 14.4 Å². The summed E-state index contributed by atoms with van der Waals surface area (Å²) in [7, 11) is 0. The van der Waals surface area contributed by atoms with Crippen LogP contribution in [0.1, 0.15) is 36.7 Å². The summed E-state index contributed by atoms with van der Waals surface area (Å²) in [4.78, 5) is 52.1. The van der Waals surface area contributed by atoms with Gasteiger partial charge in [0.2, 0.25) is 17.7 Å². The summed E-state index contributed by atoms with van der Waals surface area (Å²) >= 11 is 0. The fourth-order valence-electron chi connectivity index (χ4n) is 3.85. The van der Waals surface area contributed by atoms with E-state index in [0.717, 1.165) is 0 Å². The van der Waals surface area contributed by atoms with Crippen molar-refractivity contribution < 1.29 is 37.5 Å². The molecule has 3 atom stereocenters. The number of aliphatic hydroxyl groups is 1. The molecule has 1 fully saturated rings. The molecule has 0 saturated carbocycles. The first kappa shape index (κ1) is 25.2. The molecule has 12 heteroatoms. The summed E-state index contributed by atoms with van der Waals surface area (Å²) in [5, 5.41) is 16.7. The minimum Gasteiger partial charge on any atom is -0.389 e. The number of hydrogen-bond donors (Lipinski definition) is 5. The number of fused-ring (bicyclic) bond motifs is 1. The van der Waals surface area contributed by atoms with Crippen LogP contribution in [0.4, 0.5) is 13.2 Å². The number of aromatic amines is 1. The molecule has 0 aliphatic carbocycles. The number of carbonyl (C=O) groups is 4. The molecule has 0 bridgehead atoms. The Hall–Kier alpha value is -3.41. The second-order valence-corrected chi connectivity index (χ2v) is 8.39. The molecule has 2 aromatic rings. The zero-order valence-electron chi connectivity index (χ0n) is 18.3. The lowest BCUT2D eigenvalue weighted by molar-refractivity contribution is -0.132. The van der Waals surface area contributed by atoms with Crippen molar-refractivity contribution in [2.75, 3.05) is 13.2 Å². The quantitative estimate of drug-likeness (QED) is 0.344. The zero-order chi connectivity index (χ0) is 25.0. The number of alkyl halides is 2. The van der Waals surface area contributed by atoms with E-state index in [1.165, 1.54) is 18.2 Å². The van der Waals surface area contributed by atoms with E-state index in [1.54, 1.807) is 6.07 Å². The van der Waals surface area contributed by atoms with Gasteiger partial charge in [0, 0.05) is 24.3 Å². The average Bonchev–Trinajstić information content (AvgIpc) is 3.38. The van der Waals surface area contributed by atoms with Crippen LogP contribution in [0.2, 0.25) is 0 Å². The maximum absolute atomic E-state index is 13.9. The van der Waals surface area contributed by atoms with Crippen molar-refractivity contribution in [3.63, 3.8) is 0 Å². The zero-order valence-corrected chi connectivity index (χ0v) is 18.3. The number of benzene rings is 1. The second kappa shape index (κ2) is 10.2. The number of H-pyrrole nitrogens is 1. The monoisotopic (exact) mass is 482 g/mol. The van der Waals surface area contributed by atoms with Crippen LogP contribution < -0.4 is 16.0 Å². The maximum atomic E-state index is 13.9. The number of para-hydroxylation sites is 1. The third-order valence-corrected chi connectivity index (χ3v) is 5.58. The van der Waals surface area contributed by atoms with Gasteiger partial charge in [-0.15, -0.1) is 0 Å². The lowest BCUT2D eigenvalue weighted by atomic mass is 9.95. The standard InChI is InChI=1S/C22H25F3N4O5/c1-22(24,25)9-16(29-20(33)15-7-11-3-2-4-13(23)18(11)27-15)21(34)28-14(17(31)10-30)8-12-5-6-26-19(12)32/h2-4,7,12,14,16,27,30H,5-6,8-10H2,1H3,(H,26,32)(H,28,34)(H,29,33)/t12-,14?,16?/m0/s1. The predicted molar refractivity (Wildman–Crippen MR) is 115 cm³/mol. The molecule has 3 amide bonds. The third-order valence-electron chi connectivity index (χ3n) is 5.58. The van der Waals surface area contributed by atoms with Gasteiger partial charge in [0.25, 0.3) is 5.91 Å². The largest absolute Gasteiger partial charge is 0.389 e. The van der Waals surface area contributed by atoms with E-state index in [-0.39, 0.29) is 23.5 Å². The first-order valence-corrected chi connectivity index (χ1v) is 10.7. The van der Waals surface area contributed by atoms with Crippen LogP contribution in [-0.4, -0.2) is 64.8 Å². The van der Waals surface area contributed by atoms with E-state index in [9.17, 15) is 37.5 Å². The Bertz CT molecular complexity index is 1100. The Morgan fingerprint density at radius 3 is 2.56 bits per heavy atom. The van der Waals surface area contributed by atoms with E-state index in [1.807, 2.05) is 0 Å². The van der Waals surface area contributed by atoms with Crippen molar-refractivity contribution in [3.05, 3.63) is 35.8 Å². The number of halogens is 3. The van der Waals surface area contributed by atoms with Gasteiger partial charge in [-0.2, -0.15) is 0 Å². The van der Waals surface area contributed by atoms with Crippen LogP contribution in [0, 0.1) is 11.7 Å². The molecule has 1 aromatic carbocycles. The number of rotatable bonds is 10. The van der Waals surface area contributed by atoms with E-state index in [2.05, 4.69) is 20.9 Å². The van der Waals surface area contributed by atoms with Gasteiger partial charge in [-0.25, -0.2) is 13.2 Å². The third kappa shape index (κ3) is 6.13. The van der Waals surface area contributed by atoms with Gasteiger partial charge in [0.15, 0.2) is 5.78 Å². The fraction of sp³-hybridized carbons (Fsp3) is 0.455. The Labute approximate surface area is 192 Å².